The Labute approximate surface area is 209 Å². The van der Waals surface area contributed by atoms with Crippen molar-refractivity contribution in [1.29, 1.82) is 0 Å². The first-order valence-corrected chi connectivity index (χ1v) is 13.7. The molecule has 1 aromatic heterocycles. The van der Waals surface area contributed by atoms with Crippen LogP contribution in [0.25, 0.3) is 11.1 Å². The standard InChI is InChI=1S/C26H27N3O4S2/c1-2-25(30)27-21-9-6-15-29(16-14-21)35(32,33)23-12-10-22(11-13-23)28-26(31)24-17-20(18-34-24)19-7-4-3-5-8-19/h2-5,7-8,10-13,17-18,21H,1,6,9,14-16H2,(H,27,30)(H,28,31). The lowest BCUT2D eigenvalue weighted by atomic mass is 10.1. The fraction of sp³-hybridized carbons (Fsp3) is 0.231. The molecule has 2 aromatic carbocycles. The third kappa shape index (κ3) is 6.05. The summed E-state index contributed by atoms with van der Waals surface area (Å²) in [7, 11) is -3.68. The molecule has 1 saturated heterocycles. The Balaban J connectivity index is 1.39. The van der Waals surface area contributed by atoms with E-state index in [1.807, 2.05) is 41.8 Å². The van der Waals surface area contributed by atoms with Crippen LogP contribution in [0.15, 0.2) is 83.6 Å². The predicted molar refractivity (Wildman–Crippen MR) is 139 cm³/mol. The van der Waals surface area contributed by atoms with E-state index in [-0.39, 0.29) is 22.8 Å². The summed E-state index contributed by atoms with van der Waals surface area (Å²) in [5.74, 6) is -0.490. The summed E-state index contributed by atoms with van der Waals surface area (Å²) in [4.78, 5) is 25.0. The van der Waals surface area contributed by atoms with Crippen molar-refractivity contribution >= 4 is 38.9 Å². The lowest BCUT2D eigenvalue weighted by Gasteiger charge is -2.20. The maximum absolute atomic E-state index is 13.2. The Morgan fingerprint density at radius 3 is 2.46 bits per heavy atom. The van der Waals surface area contributed by atoms with E-state index in [2.05, 4.69) is 17.2 Å². The van der Waals surface area contributed by atoms with Crippen LogP contribution in [0.4, 0.5) is 5.69 Å². The minimum Gasteiger partial charge on any atom is -0.350 e. The summed E-state index contributed by atoms with van der Waals surface area (Å²) >= 11 is 1.36. The Morgan fingerprint density at radius 1 is 1.00 bits per heavy atom. The molecule has 2 amide bonds. The maximum atomic E-state index is 13.2. The van der Waals surface area contributed by atoms with E-state index in [4.69, 9.17) is 0 Å². The summed E-state index contributed by atoms with van der Waals surface area (Å²) in [6.45, 7) is 4.17. The molecule has 2 N–H and O–H groups in total. The van der Waals surface area contributed by atoms with Crippen LogP contribution in [-0.2, 0) is 14.8 Å². The van der Waals surface area contributed by atoms with Gasteiger partial charge in [0.1, 0.15) is 0 Å². The van der Waals surface area contributed by atoms with Gasteiger partial charge in [-0.3, -0.25) is 9.59 Å². The van der Waals surface area contributed by atoms with Crippen LogP contribution < -0.4 is 10.6 Å². The molecule has 35 heavy (non-hydrogen) atoms. The van der Waals surface area contributed by atoms with Gasteiger partial charge in [-0.05, 0) is 72.2 Å². The number of carbonyl (C=O) groups excluding carboxylic acids is 2. The van der Waals surface area contributed by atoms with Gasteiger partial charge in [-0.2, -0.15) is 4.31 Å². The van der Waals surface area contributed by atoms with Crippen molar-refractivity contribution in [2.75, 3.05) is 18.4 Å². The number of sulfonamides is 1. The zero-order valence-corrected chi connectivity index (χ0v) is 20.8. The minimum absolute atomic E-state index is 0.0713. The quantitative estimate of drug-likeness (QED) is 0.458. The highest BCUT2D eigenvalue weighted by Crippen LogP contribution is 2.27. The summed E-state index contributed by atoms with van der Waals surface area (Å²) in [5.41, 5.74) is 2.54. The molecule has 1 atom stereocenters. The number of amides is 2. The largest absolute Gasteiger partial charge is 0.350 e. The lowest BCUT2D eigenvalue weighted by Crippen LogP contribution is -2.36. The van der Waals surface area contributed by atoms with E-state index in [1.165, 1.54) is 33.9 Å². The van der Waals surface area contributed by atoms with Gasteiger partial charge in [0.15, 0.2) is 0 Å². The van der Waals surface area contributed by atoms with Crippen molar-refractivity contribution in [3.8, 4) is 11.1 Å². The lowest BCUT2D eigenvalue weighted by molar-refractivity contribution is -0.117. The highest BCUT2D eigenvalue weighted by atomic mass is 32.2. The van der Waals surface area contributed by atoms with Gasteiger partial charge in [0, 0.05) is 24.8 Å². The van der Waals surface area contributed by atoms with Crippen LogP contribution >= 0.6 is 11.3 Å². The number of benzene rings is 2. The molecule has 0 bridgehead atoms. The molecule has 1 unspecified atom stereocenters. The number of thiophene rings is 1. The van der Waals surface area contributed by atoms with Gasteiger partial charge in [0.05, 0.1) is 9.77 Å². The number of hydrogen-bond acceptors (Lipinski definition) is 5. The van der Waals surface area contributed by atoms with Crippen molar-refractivity contribution in [3.05, 3.63) is 83.6 Å². The zero-order valence-electron chi connectivity index (χ0n) is 19.1. The van der Waals surface area contributed by atoms with Gasteiger partial charge in [-0.1, -0.05) is 36.9 Å². The third-order valence-electron chi connectivity index (χ3n) is 5.90. The Bertz CT molecular complexity index is 1300. The fourth-order valence-electron chi connectivity index (χ4n) is 4.00. The summed E-state index contributed by atoms with van der Waals surface area (Å²) in [6, 6.07) is 17.8. The topological polar surface area (TPSA) is 95.6 Å². The Hall–Kier alpha value is -3.27. The molecule has 182 valence electrons. The van der Waals surface area contributed by atoms with Gasteiger partial charge in [-0.15, -0.1) is 11.3 Å². The average molecular weight is 510 g/mol. The molecule has 7 nitrogen and oxygen atoms in total. The van der Waals surface area contributed by atoms with E-state index in [0.29, 0.717) is 42.9 Å². The first-order chi connectivity index (χ1) is 16.9. The van der Waals surface area contributed by atoms with Crippen molar-refractivity contribution in [2.45, 2.75) is 30.2 Å². The average Bonchev–Trinajstić information content (AvgIpc) is 3.25. The predicted octanol–water partition coefficient (Wildman–Crippen LogP) is 4.51. The van der Waals surface area contributed by atoms with Gasteiger partial charge in [-0.25, -0.2) is 8.42 Å². The summed E-state index contributed by atoms with van der Waals surface area (Å²) in [5, 5.41) is 7.63. The van der Waals surface area contributed by atoms with Crippen molar-refractivity contribution in [1.82, 2.24) is 9.62 Å². The van der Waals surface area contributed by atoms with Gasteiger partial charge < -0.3 is 10.6 Å². The molecular formula is C26H27N3O4S2. The first-order valence-electron chi connectivity index (χ1n) is 11.4. The Kier molecular flexibility index (Phi) is 7.80. The van der Waals surface area contributed by atoms with Crippen LogP contribution in [0.5, 0.6) is 0 Å². The molecule has 0 radical (unpaired) electrons. The highest BCUT2D eigenvalue weighted by Gasteiger charge is 2.28. The van der Waals surface area contributed by atoms with Crippen LogP contribution in [0.1, 0.15) is 28.9 Å². The van der Waals surface area contributed by atoms with Crippen molar-refractivity contribution in [3.63, 3.8) is 0 Å². The molecule has 1 aliphatic rings. The molecule has 0 aliphatic carbocycles. The Morgan fingerprint density at radius 2 is 1.74 bits per heavy atom. The third-order valence-corrected chi connectivity index (χ3v) is 8.74. The van der Waals surface area contributed by atoms with Crippen molar-refractivity contribution in [2.24, 2.45) is 0 Å². The molecule has 0 spiro atoms. The molecule has 0 saturated carbocycles. The second-order valence-corrected chi connectivity index (χ2v) is 11.1. The van der Waals surface area contributed by atoms with Gasteiger partial charge in [0.25, 0.3) is 5.91 Å². The SMILES string of the molecule is C=CC(=O)NC1CCCN(S(=O)(=O)c2ccc(NC(=O)c3cc(-c4ccccc4)cs3)cc2)CC1. The van der Waals surface area contributed by atoms with Crippen LogP contribution in [0, 0.1) is 0 Å². The van der Waals surface area contributed by atoms with E-state index < -0.39 is 10.0 Å². The molecule has 4 rings (SSSR count). The molecule has 9 heteroatoms. The molecule has 1 fully saturated rings. The summed E-state index contributed by atoms with van der Waals surface area (Å²) in [6.07, 6.45) is 3.13. The van der Waals surface area contributed by atoms with Crippen LogP contribution in [0.2, 0.25) is 0 Å². The summed E-state index contributed by atoms with van der Waals surface area (Å²) < 4.78 is 27.8. The second kappa shape index (κ2) is 11.0. The zero-order chi connectivity index (χ0) is 24.8. The minimum atomic E-state index is -3.68. The van der Waals surface area contributed by atoms with E-state index in [9.17, 15) is 18.0 Å². The van der Waals surface area contributed by atoms with E-state index >= 15 is 0 Å². The van der Waals surface area contributed by atoms with Crippen LogP contribution in [0.3, 0.4) is 0 Å². The highest BCUT2D eigenvalue weighted by molar-refractivity contribution is 7.89. The van der Waals surface area contributed by atoms with Gasteiger partial charge >= 0.3 is 0 Å². The molecule has 2 heterocycles. The number of anilines is 1. The number of carbonyl (C=O) groups is 2. The normalized spacial score (nSPS) is 16.7. The molecule has 3 aromatic rings. The smallest absolute Gasteiger partial charge is 0.265 e. The van der Waals surface area contributed by atoms with Crippen molar-refractivity contribution < 1.29 is 18.0 Å². The molecular weight excluding hydrogens is 482 g/mol. The van der Waals surface area contributed by atoms with E-state index in [0.717, 1.165) is 11.1 Å². The first kappa shape index (κ1) is 24.8. The van der Waals surface area contributed by atoms with Gasteiger partial charge in [0.2, 0.25) is 15.9 Å². The fourth-order valence-corrected chi connectivity index (χ4v) is 6.31. The number of rotatable bonds is 7. The van der Waals surface area contributed by atoms with E-state index in [1.54, 1.807) is 12.1 Å². The molecule has 1 aliphatic heterocycles. The monoisotopic (exact) mass is 509 g/mol. The van der Waals surface area contributed by atoms with Crippen LogP contribution in [-0.4, -0.2) is 43.7 Å². The number of nitrogens with zero attached hydrogens (tertiary/aromatic N) is 1. The number of hydrogen-bond donors (Lipinski definition) is 2. The maximum Gasteiger partial charge on any atom is 0.265 e. The number of nitrogens with one attached hydrogen (secondary N) is 2. The second-order valence-electron chi connectivity index (χ2n) is 8.29.